The molecule has 0 radical (unpaired) electrons. The number of rotatable bonds is 6. The Kier molecular flexibility index (Phi) is 4.21. The molecular weight excluding hydrogens is 336 g/mol. The van der Waals surface area contributed by atoms with Gasteiger partial charge >= 0.3 is 0 Å². The monoisotopic (exact) mass is 352 g/mol. The lowest BCUT2D eigenvalue weighted by molar-refractivity contribution is 0.780. The van der Waals surface area contributed by atoms with Gasteiger partial charge in [0.1, 0.15) is 5.82 Å². The Balaban J connectivity index is 1.88. The maximum Gasteiger partial charge on any atom is 0.224 e. The van der Waals surface area contributed by atoms with Crippen LogP contribution in [-0.2, 0) is 6.54 Å². The number of hydrogen-bond donors (Lipinski definition) is 1. The first-order valence-electron chi connectivity index (χ1n) is 6.83. The summed E-state index contributed by atoms with van der Waals surface area (Å²) in [6, 6.07) is 4.89. The molecule has 0 aromatic carbocycles. The van der Waals surface area contributed by atoms with Crippen LogP contribution in [0.2, 0.25) is 0 Å². The predicted molar refractivity (Wildman–Crippen MR) is 87.4 cm³/mol. The van der Waals surface area contributed by atoms with Crippen molar-refractivity contribution in [1.29, 1.82) is 0 Å². The van der Waals surface area contributed by atoms with Crippen molar-refractivity contribution in [1.82, 2.24) is 9.97 Å². The van der Waals surface area contributed by atoms with Crippen LogP contribution >= 0.6 is 27.3 Å². The van der Waals surface area contributed by atoms with E-state index in [1.54, 1.807) is 11.3 Å². The molecule has 4 nitrogen and oxygen atoms in total. The van der Waals surface area contributed by atoms with Gasteiger partial charge in [0, 0.05) is 23.7 Å². The van der Waals surface area contributed by atoms with E-state index in [1.807, 2.05) is 6.20 Å². The van der Waals surface area contributed by atoms with E-state index in [2.05, 4.69) is 60.6 Å². The van der Waals surface area contributed by atoms with Gasteiger partial charge in [-0.25, -0.2) is 4.98 Å². The SMILES string of the molecule is CCNc1ncc(Br)c(N(Cc2cccs2)C2CC2)n1. The zero-order chi connectivity index (χ0) is 13.9. The number of nitrogens with one attached hydrogen (secondary N) is 1. The summed E-state index contributed by atoms with van der Waals surface area (Å²) in [7, 11) is 0. The first-order chi connectivity index (χ1) is 9.78. The Labute approximate surface area is 131 Å². The Morgan fingerprint density at radius 2 is 2.35 bits per heavy atom. The molecule has 6 heteroatoms. The van der Waals surface area contributed by atoms with Gasteiger partial charge in [-0.15, -0.1) is 11.3 Å². The van der Waals surface area contributed by atoms with Gasteiger partial charge in [-0.2, -0.15) is 4.98 Å². The molecule has 2 heterocycles. The van der Waals surface area contributed by atoms with E-state index in [4.69, 9.17) is 0 Å². The minimum Gasteiger partial charge on any atom is -0.354 e. The van der Waals surface area contributed by atoms with Gasteiger partial charge in [0.15, 0.2) is 0 Å². The third kappa shape index (κ3) is 3.12. The maximum absolute atomic E-state index is 4.67. The molecule has 0 unspecified atom stereocenters. The molecule has 0 aliphatic heterocycles. The second kappa shape index (κ2) is 6.10. The lowest BCUT2D eigenvalue weighted by atomic mass is 10.3. The fraction of sp³-hybridized carbons (Fsp3) is 0.429. The van der Waals surface area contributed by atoms with Gasteiger partial charge in [-0.05, 0) is 47.1 Å². The molecule has 1 aliphatic carbocycles. The summed E-state index contributed by atoms with van der Waals surface area (Å²) in [5, 5.41) is 5.31. The molecule has 3 rings (SSSR count). The van der Waals surface area contributed by atoms with Crippen molar-refractivity contribution in [2.75, 3.05) is 16.8 Å². The van der Waals surface area contributed by atoms with Crippen molar-refractivity contribution < 1.29 is 0 Å². The van der Waals surface area contributed by atoms with E-state index in [0.29, 0.717) is 12.0 Å². The third-order valence-electron chi connectivity index (χ3n) is 3.23. The van der Waals surface area contributed by atoms with Crippen molar-refractivity contribution in [2.45, 2.75) is 32.4 Å². The molecule has 0 amide bonds. The zero-order valence-electron chi connectivity index (χ0n) is 11.3. The number of halogens is 1. The predicted octanol–water partition coefficient (Wildman–Crippen LogP) is 3.90. The lowest BCUT2D eigenvalue weighted by Gasteiger charge is -2.24. The average molecular weight is 353 g/mol. The summed E-state index contributed by atoms with van der Waals surface area (Å²) in [6.45, 7) is 3.80. The number of nitrogens with zero attached hydrogens (tertiary/aromatic N) is 3. The highest BCUT2D eigenvalue weighted by Crippen LogP contribution is 2.36. The standard InChI is InChI=1S/C14H17BrN4S/c1-2-16-14-17-8-12(15)13(18-14)19(10-5-6-10)9-11-4-3-7-20-11/h3-4,7-8,10H,2,5-6,9H2,1H3,(H,16,17,18). The Bertz CT molecular complexity index is 569. The molecule has 0 bridgehead atoms. The van der Waals surface area contributed by atoms with E-state index in [9.17, 15) is 0 Å². The molecule has 20 heavy (non-hydrogen) atoms. The maximum atomic E-state index is 4.67. The lowest BCUT2D eigenvalue weighted by Crippen LogP contribution is -2.26. The van der Waals surface area contributed by atoms with Crippen LogP contribution in [-0.4, -0.2) is 22.6 Å². The molecular formula is C14H17BrN4S. The first-order valence-corrected chi connectivity index (χ1v) is 8.50. The Morgan fingerprint density at radius 1 is 1.50 bits per heavy atom. The fourth-order valence-corrected chi connectivity index (χ4v) is 3.26. The molecule has 1 N–H and O–H groups in total. The third-order valence-corrected chi connectivity index (χ3v) is 4.65. The molecule has 1 saturated carbocycles. The summed E-state index contributed by atoms with van der Waals surface area (Å²) in [5.74, 6) is 1.69. The second-order valence-electron chi connectivity index (χ2n) is 4.83. The normalized spacial score (nSPS) is 14.3. The number of hydrogen-bond acceptors (Lipinski definition) is 5. The van der Waals surface area contributed by atoms with E-state index >= 15 is 0 Å². The van der Waals surface area contributed by atoms with Gasteiger partial charge in [-0.3, -0.25) is 0 Å². The highest BCUT2D eigenvalue weighted by molar-refractivity contribution is 9.10. The van der Waals surface area contributed by atoms with E-state index < -0.39 is 0 Å². The fourth-order valence-electron chi connectivity index (χ4n) is 2.14. The highest BCUT2D eigenvalue weighted by Gasteiger charge is 2.31. The van der Waals surface area contributed by atoms with Gasteiger partial charge in [0.2, 0.25) is 5.95 Å². The van der Waals surface area contributed by atoms with Crippen molar-refractivity contribution in [3.05, 3.63) is 33.1 Å². The molecule has 2 aromatic rings. The second-order valence-corrected chi connectivity index (χ2v) is 6.72. The summed E-state index contributed by atoms with van der Waals surface area (Å²) in [5.41, 5.74) is 0. The van der Waals surface area contributed by atoms with Gasteiger partial charge < -0.3 is 10.2 Å². The molecule has 1 fully saturated rings. The van der Waals surface area contributed by atoms with Crippen molar-refractivity contribution >= 4 is 39.0 Å². The number of thiophene rings is 1. The Morgan fingerprint density at radius 3 is 3.00 bits per heavy atom. The van der Waals surface area contributed by atoms with Gasteiger partial charge in [-0.1, -0.05) is 6.07 Å². The van der Waals surface area contributed by atoms with Crippen LogP contribution in [0.3, 0.4) is 0 Å². The molecule has 0 saturated heterocycles. The van der Waals surface area contributed by atoms with Crippen molar-refractivity contribution in [3.63, 3.8) is 0 Å². The van der Waals surface area contributed by atoms with Crippen LogP contribution in [0.5, 0.6) is 0 Å². The molecule has 2 aromatic heterocycles. The van der Waals surface area contributed by atoms with Gasteiger partial charge in [0.25, 0.3) is 0 Å². The minimum absolute atomic E-state index is 0.609. The average Bonchev–Trinajstić information content (AvgIpc) is 3.16. The first kappa shape index (κ1) is 13.8. The van der Waals surface area contributed by atoms with Gasteiger partial charge in [0.05, 0.1) is 11.0 Å². The molecule has 0 atom stereocenters. The quantitative estimate of drug-likeness (QED) is 0.855. The largest absolute Gasteiger partial charge is 0.354 e. The summed E-state index contributed by atoms with van der Waals surface area (Å²) in [6.07, 6.45) is 4.33. The molecule has 0 spiro atoms. The Hall–Kier alpha value is -1.14. The van der Waals surface area contributed by atoms with Crippen LogP contribution in [0.15, 0.2) is 28.2 Å². The summed E-state index contributed by atoms with van der Waals surface area (Å²) >= 11 is 5.39. The highest BCUT2D eigenvalue weighted by atomic mass is 79.9. The van der Waals surface area contributed by atoms with Crippen molar-refractivity contribution in [3.8, 4) is 0 Å². The van der Waals surface area contributed by atoms with Crippen molar-refractivity contribution in [2.24, 2.45) is 0 Å². The number of anilines is 2. The van der Waals surface area contributed by atoms with Crippen LogP contribution < -0.4 is 10.2 Å². The molecule has 106 valence electrons. The van der Waals surface area contributed by atoms with Crippen LogP contribution in [0.4, 0.5) is 11.8 Å². The smallest absolute Gasteiger partial charge is 0.224 e. The molecule has 1 aliphatic rings. The van der Waals surface area contributed by atoms with E-state index in [-0.39, 0.29) is 0 Å². The minimum atomic E-state index is 0.609. The van der Waals surface area contributed by atoms with Crippen LogP contribution in [0.1, 0.15) is 24.6 Å². The van der Waals surface area contributed by atoms with Crippen LogP contribution in [0.25, 0.3) is 0 Å². The van der Waals surface area contributed by atoms with E-state index in [0.717, 1.165) is 23.4 Å². The zero-order valence-corrected chi connectivity index (χ0v) is 13.7. The van der Waals surface area contributed by atoms with Crippen LogP contribution in [0, 0.1) is 0 Å². The topological polar surface area (TPSA) is 41.1 Å². The summed E-state index contributed by atoms with van der Waals surface area (Å²) < 4.78 is 0.961. The summed E-state index contributed by atoms with van der Waals surface area (Å²) in [4.78, 5) is 12.7. The number of aromatic nitrogens is 2. The van der Waals surface area contributed by atoms with E-state index in [1.165, 1.54) is 17.7 Å².